The molecular weight excluding hydrogens is 280 g/mol. The molecule has 0 aliphatic carbocycles. The van der Waals surface area contributed by atoms with E-state index >= 15 is 0 Å². The van der Waals surface area contributed by atoms with Crippen LogP contribution >= 0.6 is 23.8 Å². The number of anilines is 1. The van der Waals surface area contributed by atoms with Crippen molar-refractivity contribution in [2.45, 2.75) is 19.4 Å². The molecule has 0 saturated carbocycles. The third-order valence-corrected chi connectivity index (χ3v) is 3.29. The predicted molar refractivity (Wildman–Crippen MR) is 82.8 cm³/mol. The van der Waals surface area contributed by atoms with Crippen LogP contribution < -0.4 is 11.1 Å². The van der Waals surface area contributed by atoms with Gasteiger partial charge in [-0.25, -0.2) is 0 Å². The van der Waals surface area contributed by atoms with Gasteiger partial charge in [0.15, 0.2) is 0 Å². The van der Waals surface area contributed by atoms with E-state index in [0.717, 1.165) is 23.4 Å². The Balaban J connectivity index is 2.04. The molecule has 0 bridgehead atoms. The molecule has 3 nitrogen and oxygen atoms in total. The fourth-order valence-electron chi connectivity index (χ4n) is 1.83. The van der Waals surface area contributed by atoms with Crippen LogP contribution in [0.2, 0.25) is 5.02 Å². The Hall–Kier alpha value is -1.52. The number of hydrogen-bond acceptors (Lipinski definition) is 3. The summed E-state index contributed by atoms with van der Waals surface area (Å²) in [6, 6.07) is 9.55. The lowest BCUT2D eigenvalue weighted by Crippen LogP contribution is -2.18. The number of furan rings is 1. The summed E-state index contributed by atoms with van der Waals surface area (Å²) in [6.45, 7) is 2.07. The number of nitrogens with one attached hydrogen (secondary N) is 1. The van der Waals surface area contributed by atoms with Gasteiger partial charge in [0.25, 0.3) is 0 Å². The molecule has 1 atom stereocenters. The van der Waals surface area contributed by atoms with Gasteiger partial charge >= 0.3 is 0 Å². The largest absolute Gasteiger partial charge is 0.469 e. The third-order valence-electron chi connectivity index (χ3n) is 2.74. The minimum Gasteiger partial charge on any atom is -0.469 e. The van der Waals surface area contributed by atoms with Crippen molar-refractivity contribution in [3.63, 3.8) is 0 Å². The molecule has 0 aliphatic heterocycles. The molecule has 1 unspecified atom stereocenters. The molecule has 0 saturated heterocycles. The van der Waals surface area contributed by atoms with Crippen molar-refractivity contribution in [3.05, 3.63) is 52.9 Å². The van der Waals surface area contributed by atoms with Gasteiger partial charge < -0.3 is 15.5 Å². The van der Waals surface area contributed by atoms with Gasteiger partial charge in [0.2, 0.25) is 0 Å². The van der Waals surface area contributed by atoms with Crippen molar-refractivity contribution < 1.29 is 4.42 Å². The van der Waals surface area contributed by atoms with Crippen LogP contribution in [0.5, 0.6) is 0 Å². The zero-order chi connectivity index (χ0) is 13.8. The van der Waals surface area contributed by atoms with Gasteiger partial charge in [-0.15, -0.1) is 0 Å². The molecule has 0 spiro atoms. The number of rotatable bonds is 5. The Kier molecular flexibility index (Phi) is 4.45. The molecule has 19 heavy (non-hydrogen) atoms. The number of hydrogen-bond donors (Lipinski definition) is 2. The van der Waals surface area contributed by atoms with Crippen LogP contribution in [0.1, 0.15) is 18.2 Å². The Bertz CT molecular complexity index is 569. The smallest absolute Gasteiger partial charge is 0.105 e. The molecule has 3 N–H and O–H groups in total. The Morgan fingerprint density at radius 3 is 2.84 bits per heavy atom. The van der Waals surface area contributed by atoms with Crippen LogP contribution in [0.15, 0.2) is 41.0 Å². The molecule has 2 aromatic rings. The molecule has 0 fully saturated rings. The lowest BCUT2D eigenvalue weighted by molar-refractivity contribution is 0.498. The van der Waals surface area contributed by atoms with E-state index in [1.807, 2.05) is 24.3 Å². The highest BCUT2D eigenvalue weighted by atomic mass is 35.5. The second-order valence-corrected chi connectivity index (χ2v) is 5.23. The van der Waals surface area contributed by atoms with E-state index in [2.05, 4.69) is 12.2 Å². The lowest BCUT2D eigenvalue weighted by Gasteiger charge is -2.15. The van der Waals surface area contributed by atoms with Crippen LogP contribution in [0.4, 0.5) is 5.69 Å². The van der Waals surface area contributed by atoms with Gasteiger partial charge in [-0.1, -0.05) is 23.8 Å². The average molecular weight is 295 g/mol. The van der Waals surface area contributed by atoms with Crippen LogP contribution in [0.25, 0.3) is 0 Å². The van der Waals surface area contributed by atoms with Gasteiger partial charge in [-0.2, -0.15) is 0 Å². The first-order chi connectivity index (χ1) is 9.06. The van der Waals surface area contributed by atoms with Gasteiger partial charge in [-0.05, 0) is 37.3 Å². The first kappa shape index (κ1) is 13.9. The van der Waals surface area contributed by atoms with Crippen molar-refractivity contribution >= 4 is 34.5 Å². The second-order valence-electron chi connectivity index (χ2n) is 4.39. The minimum atomic E-state index is 0.208. The van der Waals surface area contributed by atoms with Gasteiger partial charge in [0.05, 0.1) is 17.0 Å². The molecule has 5 heteroatoms. The monoisotopic (exact) mass is 294 g/mol. The molecule has 0 radical (unpaired) electrons. The minimum absolute atomic E-state index is 0.208. The highest BCUT2D eigenvalue weighted by Crippen LogP contribution is 2.24. The van der Waals surface area contributed by atoms with E-state index in [1.54, 1.807) is 12.3 Å². The van der Waals surface area contributed by atoms with Crippen LogP contribution in [-0.4, -0.2) is 11.0 Å². The number of thiocarbonyl (C=S) groups is 1. The van der Waals surface area contributed by atoms with E-state index in [4.69, 9.17) is 34.0 Å². The zero-order valence-electron chi connectivity index (χ0n) is 10.5. The van der Waals surface area contributed by atoms with E-state index in [-0.39, 0.29) is 6.04 Å². The van der Waals surface area contributed by atoms with Crippen molar-refractivity contribution in [1.29, 1.82) is 0 Å². The zero-order valence-corrected chi connectivity index (χ0v) is 12.1. The van der Waals surface area contributed by atoms with Gasteiger partial charge in [-0.3, -0.25) is 0 Å². The van der Waals surface area contributed by atoms with E-state index in [1.165, 1.54) is 0 Å². The number of nitrogens with two attached hydrogens (primary N) is 1. The van der Waals surface area contributed by atoms with Crippen molar-refractivity contribution in [1.82, 2.24) is 0 Å². The average Bonchev–Trinajstić information content (AvgIpc) is 2.84. The maximum Gasteiger partial charge on any atom is 0.105 e. The molecule has 2 rings (SSSR count). The van der Waals surface area contributed by atoms with Crippen LogP contribution in [-0.2, 0) is 6.42 Å². The van der Waals surface area contributed by atoms with Crippen LogP contribution in [0.3, 0.4) is 0 Å². The fourth-order valence-corrected chi connectivity index (χ4v) is 2.19. The van der Waals surface area contributed by atoms with Crippen LogP contribution in [0, 0.1) is 0 Å². The van der Waals surface area contributed by atoms with E-state index < -0.39 is 0 Å². The molecule has 1 aromatic heterocycles. The maximum atomic E-state index is 6.20. The summed E-state index contributed by atoms with van der Waals surface area (Å²) in [7, 11) is 0. The third kappa shape index (κ3) is 3.72. The van der Waals surface area contributed by atoms with Crippen molar-refractivity contribution in [2.75, 3.05) is 5.32 Å². The second kappa shape index (κ2) is 6.08. The SMILES string of the molecule is CC(Cc1ccco1)Nc1ccc(C(N)=S)cc1Cl. The quantitative estimate of drug-likeness (QED) is 0.827. The Labute approximate surface area is 122 Å². The first-order valence-electron chi connectivity index (χ1n) is 5.94. The van der Waals surface area contributed by atoms with E-state index in [9.17, 15) is 0 Å². The number of halogens is 1. The lowest BCUT2D eigenvalue weighted by atomic mass is 10.1. The summed E-state index contributed by atoms with van der Waals surface area (Å²) in [4.78, 5) is 0.345. The molecule has 0 aliphatic rings. The topological polar surface area (TPSA) is 51.2 Å². The molecule has 1 aromatic carbocycles. The summed E-state index contributed by atoms with van der Waals surface area (Å²) in [5.74, 6) is 0.941. The van der Waals surface area contributed by atoms with Gasteiger partial charge in [0.1, 0.15) is 10.7 Å². The standard InChI is InChI=1S/C14H15ClN2OS/c1-9(7-11-3-2-6-18-11)17-13-5-4-10(14(16)19)8-12(13)15/h2-6,8-9,17H,7H2,1H3,(H2,16,19). The highest BCUT2D eigenvalue weighted by molar-refractivity contribution is 7.80. The molecular formula is C14H15ClN2OS. The summed E-state index contributed by atoms with van der Waals surface area (Å²) in [5, 5.41) is 3.95. The van der Waals surface area contributed by atoms with E-state index in [0.29, 0.717) is 10.0 Å². The summed E-state index contributed by atoms with van der Waals surface area (Å²) < 4.78 is 5.32. The highest BCUT2D eigenvalue weighted by Gasteiger charge is 2.09. The maximum absolute atomic E-state index is 6.20. The van der Waals surface area contributed by atoms with Crippen molar-refractivity contribution in [3.8, 4) is 0 Å². The molecule has 1 heterocycles. The number of benzene rings is 1. The summed E-state index contributed by atoms with van der Waals surface area (Å²) in [6.07, 6.45) is 2.46. The fraction of sp³-hybridized carbons (Fsp3) is 0.214. The summed E-state index contributed by atoms with van der Waals surface area (Å²) >= 11 is 11.1. The molecule has 100 valence electrons. The first-order valence-corrected chi connectivity index (χ1v) is 6.73. The normalized spacial score (nSPS) is 12.1. The van der Waals surface area contributed by atoms with Crippen molar-refractivity contribution in [2.24, 2.45) is 5.73 Å². The summed E-state index contributed by atoms with van der Waals surface area (Å²) in [5.41, 5.74) is 7.19. The Morgan fingerprint density at radius 1 is 1.47 bits per heavy atom. The van der Waals surface area contributed by atoms with Gasteiger partial charge in [0, 0.05) is 18.0 Å². The molecule has 0 amide bonds. The predicted octanol–water partition coefficient (Wildman–Crippen LogP) is 3.61. The Morgan fingerprint density at radius 2 is 2.26 bits per heavy atom.